The van der Waals surface area contributed by atoms with Crippen molar-refractivity contribution >= 4 is 33.4 Å². The van der Waals surface area contributed by atoms with Crippen LogP contribution in [0.4, 0.5) is 17.5 Å². The molecule has 2 N–H and O–H groups in total. The number of aromatic nitrogens is 3. The van der Waals surface area contributed by atoms with Gasteiger partial charge in [0, 0.05) is 40.2 Å². The second-order valence-electron chi connectivity index (χ2n) is 6.46. The summed E-state index contributed by atoms with van der Waals surface area (Å²) in [5.41, 5.74) is 2.88. The molecule has 26 heavy (non-hydrogen) atoms. The maximum atomic E-state index is 4.73. The zero-order chi connectivity index (χ0) is 17.8. The van der Waals surface area contributed by atoms with Gasteiger partial charge in [-0.05, 0) is 43.2 Å². The number of hydrogen-bond donors (Lipinski definition) is 2. The number of nitrogens with one attached hydrogen (secondary N) is 2. The molecule has 0 unspecified atom stereocenters. The first-order chi connectivity index (χ1) is 12.8. The number of halogens is 1. The van der Waals surface area contributed by atoms with E-state index in [0.29, 0.717) is 12.0 Å². The first-order valence-corrected chi connectivity index (χ1v) is 9.64. The molecule has 1 aliphatic rings. The fourth-order valence-electron chi connectivity index (χ4n) is 3.21. The molecule has 1 saturated carbocycles. The van der Waals surface area contributed by atoms with Crippen LogP contribution in [0.5, 0.6) is 0 Å². The van der Waals surface area contributed by atoms with Crippen molar-refractivity contribution < 1.29 is 0 Å². The molecule has 0 radical (unpaired) electrons. The lowest BCUT2D eigenvalue weighted by atomic mass is 10.2. The molecule has 1 aromatic carbocycles. The van der Waals surface area contributed by atoms with Gasteiger partial charge >= 0.3 is 0 Å². The summed E-state index contributed by atoms with van der Waals surface area (Å²) < 4.78 is 1.02. The maximum Gasteiger partial charge on any atom is 0.225 e. The number of pyridine rings is 1. The van der Waals surface area contributed by atoms with Crippen LogP contribution in [0.25, 0.3) is 11.3 Å². The minimum Gasteiger partial charge on any atom is -0.351 e. The SMILES string of the molecule is Brc1cccc(Nc2cc(-c3ccncc3)nc(NC3CCCC3)n2)c1. The molecule has 6 heteroatoms. The minimum absolute atomic E-state index is 0.460. The van der Waals surface area contributed by atoms with Gasteiger partial charge in [-0.1, -0.05) is 34.8 Å². The quantitative estimate of drug-likeness (QED) is 0.590. The van der Waals surface area contributed by atoms with Crippen LogP contribution < -0.4 is 10.6 Å². The van der Waals surface area contributed by atoms with Gasteiger partial charge in [-0.2, -0.15) is 4.98 Å². The minimum atomic E-state index is 0.460. The summed E-state index contributed by atoms with van der Waals surface area (Å²) >= 11 is 3.51. The average Bonchev–Trinajstić information content (AvgIpc) is 3.15. The van der Waals surface area contributed by atoms with Crippen molar-refractivity contribution in [1.29, 1.82) is 0 Å². The van der Waals surface area contributed by atoms with Gasteiger partial charge in [-0.25, -0.2) is 4.98 Å². The highest BCUT2D eigenvalue weighted by Crippen LogP contribution is 2.26. The van der Waals surface area contributed by atoms with Crippen molar-refractivity contribution in [1.82, 2.24) is 15.0 Å². The van der Waals surface area contributed by atoms with Crippen molar-refractivity contribution in [3.8, 4) is 11.3 Å². The third kappa shape index (κ3) is 4.19. The molecule has 0 aliphatic heterocycles. The number of anilines is 3. The fraction of sp³-hybridized carbons (Fsp3) is 0.250. The molecule has 4 rings (SSSR count). The second-order valence-corrected chi connectivity index (χ2v) is 7.37. The standard InChI is InChI=1S/C20H20BrN5/c21-15-4-3-7-17(12-15)23-19-13-18(14-8-10-22-11-9-14)25-20(26-19)24-16-5-1-2-6-16/h3-4,7-13,16H,1-2,5-6H2,(H2,23,24,25,26). The summed E-state index contributed by atoms with van der Waals surface area (Å²) in [5, 5.41) is 6.88. The van der Waals surface area contributed by atoms with Crippen molar-refractivity contribution in [2.75, 3.05) is 10.6 Å². The Balaban J connectivity index is 1.67. The molecule has 5 nitrogen and oxygen atoms in total. The van der Waals surface area contributed by atoms with Crippen molar-refractivity contribution in [2.24, 2.45) is 0 Å². The van der Waals surface area contributed by atoms with Crippen LogP contribution in [0.15, 0.2) is 59.3 Å². The number of benzene rings is 1. The van der Waals surface area contributed by atoms with Gasteiger partial charge in [-0.15, -0.1) is 0 Å². The van der Waals surface area contributed by atoms with Gasteiger partial charge in [0.15, 0.2) is 0 Å². The largest absolute Gasteiger partial charge is 0.351 e. The molecule has 132 valence electrons. The number of nitrogens with zero attached hydrogens (tertiary/aromatic N) is 3. The van der Waals surface area contributed by atoms with E-state index in [1.165, 1.54) is 25.7 Å². The molecule has 0 atom stereocenters. The molecular weight excluding hydrogens is 390 g/mol. The van der Waals surface area contributed by atoms with E-state index in [4.69, 9.17) is 4.98 Å². The Bertz CT molecular complexity index is 878. The van der Waals surface area contributed by atoms with Crippen LogP contribution in [0.1, 0.15) is 25.7 Å². The van der Waals surface area contributed by atoms with Crippen LogP contribution in [-0.2, 0) is 0 Å². The first kappa shape index (κ1) is 17.0. The third-order valence-corrected chi connectivity index (χ3v) is 4.98. The number of hydrogen-bond acceptors (Lipinski definition) is 5. The maximum absolute atomic E-state index is 4.73. The van der Waals surface area contributed by atoms with Gasteiger partial charge < -0.3 is 10.6 Å². The van der Waals surface area contributed by atoms with E-state index >= 15 is 0 Å². The highest BCUT2D eigenvalue weighted by Gasteiger charge is 2.17. The summed E-state index contributed by atoms with van der Waals surface area (Å²) in [4.78, 5) is 13.5. The molecule has 2 aromatic heterocycles. The Morgan fingerprint density at radius 3 is 2.54 bits per heavy atom. The van der Waals surface area contributed by atoms with E-state index in [9.17, 15) is 0 Å². The predicted octanol–water partition coefficient (Wildman–Crippen LogP) is 5.40. The van der Waals surface area contributed by atoms with E-state index in [-0.39, 0.29) is 0 Å². The monoisotopic (exact) mass is 409 g/mol. The average molecular weight is 410 g/mol. The van der Waals surface area contributed by atoms with E-state index in [0.717, 1.165) is 27.2 Å². The van der Waals surface area contributed by atoms with Gasteiger partial charge in [0.05, 0.1) is 5.69 Å². The lowest BCUT2D eigenvalue weighted by molar-refractivity contribution is 0.744. The fourth-order valence-corrected chi connectivity index (χ4v) is 3.61. The van der Waals surface area contributed by atoms with Crippen molar-refractivity contribution in [2.45, 2.75) is 31.7 Å². The van der Waals surface area contributed by atoms with Gasteiger partial charge in [0.25, 0.3) is 0 Å². The van der Waals surface area contributed by atoms with E-state index in [1.54, 1.807) is 12.4 Å². The number of rotatable bonds is 5. The van der Waals surface area contributed by atoms with E-state index in [2.05, 4.69) is 36.5 Å². The molecule has 0 bridgehead atoms. The molecule has 1 fully saturated rings. The molecule has 0 saturated heterocycles. The summed E-state index contributed by atoms with van der Waals surface area (Å²) in [6.07, 6.45) is 8.45. The highest BCUT2D eigenvalue weighted by atomic mass is 79.9. The Morgan fingerprint density at radius 2 is 1.77 bits per heavy atom. The zero-order valence-electron chi connectivity index (χ0n) is 14.3. The summed E-state index contributed by atoms with van der Waals surface area (Å²) in [5.74, 6) is 1.44. The van der Waals surface area contributed by atoms with E-state index < -0.39 is 0 Å². The van der Waals surface area contributed by atoms with Crippen molar-refractivity contribution in [3.05, 3.63) is 59.3 Å². The normalized spacial score (nSPS) is 14.3. The Hall–Kier alpha value is -2.47. The molecule has 0 amide bonds. The van der Waals surface area contributed by atoms with Crippen LogP contribution in [0.3, 0.4) is 0 Å². The summed E-state index contributed by atoms with van der Waals surface area (Å²) in [6.45, 7) is 0. The third-order valence-electron chi connectivity index (χ3n) is 4.49. The van der Waals surface area contributed by atoms with E-state index in [1.807, 2.05) is 42.5 Å². The second kappa shape index (κ2) is 7.83. The van der Waals surface area contributed by atoms with Gasteiger partial charge in [0.2, 0.25) is 5.95 Å². The molecule has 3 aromatic rings. The summed E-state index contributed by atoms with van der Waals surface area (Å²) in [6, 6.07) is 14.4. The predicted molar refractivity (Wildman–Crippen MR) is 109 cm³/mol. The molecule has 1 aliphatic carbocycles. The highest BCUT2D eigenvalue weighted by molar-refractivity contribution is 9.10. The lowest BCUT2D eigenvalue weighted by Crippen LogP contribution is -2.17. The van der Waals surface area contributed by atoms with Crippen LogP contribution in [-0.4, -0.2) is 21.0 Å². The van der Waals surface area contributed by atoms with Gasteiger partial charge in [-0.3, -0.25) is 4.98 Å². The molecular formula is C20H20BrN5. The molecule has 0 spiro atoms. The first-order valence-electron chi connectivity index (χ1n) is 8.85. The smallest absolute Gasteiger partial charge is 0.225 e. The van der Waals surface area contributed by atoms with Crippen LogP contribution >= 0.6 is 15.9 Å². The Morgan fingerprint density at radius 1 is 0.962 bits per heavy atom. The zero-order valence-corrected chi connectivity index (χ0v) is 15.9. The Labute approximate surface area is 161 Å². The molecule has 2 heterocycles. The topological polar surface area (TPSA) is 62.7 Å². The van der Waals surface area contributed by atoms with Crippen molar-refractivity contribution in [3.63, 3.8) is 0 Å². The van der Waals surface area contributed by atoms with Crippen LogP contribution in [0, 0.1) is 0 Å². The van der Waals surface area contributed by atoms with Gasteiger partial charge in [0.1, 0.15) is 5.82 Å². The summed E-state index contributed by atoms with van der Waals surface area (Å²) in [7, 11) is 0. The van der Waals surface area contributed by atoms with Crippen LogP contribution in [0.2, 0.25) is 0 Å². The Kier molecular flexibility index (Phi) is 5.11. The lowest BCUT2D eigenvalue weighted by Gasteiger charge is -2.15.